The van der Waals surface area contributed by atoms with Crippen LogP contribution in [0.3, 0.4) is 0 Å². The smallest absolute Gasteiger partial charge is 0.338 e. The molecule has 2 heterocycles. The minimum atomic E-state index is -0.589. The summed E-state index contributed by atoms with van der Waals surface area (Å²) in [6, 6.07) is 12.7. The number of hydrogen-bond acceptors (Lipinski definition) is 7. The molecular formula is C26H28BrClN4O3S. The van der Waals surface area contributed by atoms with Crippen molar-refractivity contribution in [2.45, 2.75) is 58.0 Å². The second kappa shape index (κ2) is 11.7. The number of carbonyl (C=O) groups excluding carboxylic acids is 1. The lowest BCUT2D eigenvalue weighted by molar-refractivity contribution is -0.143. The summed E-state index contributed by atoms with van der Waals surface area (Å²) in [5.41, 5.74) is 2.88. The van der Waals surface area contributed by atoms with Gasteiger partial charge in [-0.25, -0.2) is 9.48 Å². The largest absolute Gasteiger partial charge is 0.489 e. The Labute approximate surface area is 228 Å². The highest BCUT2D eigenvalue weighted by Crippen LogP contribution is 2.41. The molecule has 0 amide bonds. The zero-order chi connectivity index (χ0) is 25.8. The van der Waals surface area contributed by atoms with Gasteiger partial charge in [0, 0.05) is 26.5 Å². The van der Waals surface area contributed by atoms with Gasteiger partial charge in [0.25, 0.3) is 0 Å². The number of aromatic nitrogens is 3. The predicted molar refractivity (Wildman–Crippen MR) is 147 cm³/mol. The normalized spacial score (nSPS) is 15.0. The van der Waals surface area contributed by atoms with Crippen LogP contribution in [0.2, 0.25) is 5.02 Å². The van der Waals surface area contributed by atoms with E-state index < -0.39 is 12.0 Å². The molecule has 10 heteroatoms. The van der Waals surface area contributed by atoms with Gasteiger partial charge in [0.1, 0.15) is 18.4 Å². The highest BCUT2D eigenvalue weighted by molar-refractivity contribution is 9.10. The molecule has 0 saturated carbocycles. The summed E-state index contributed by atoms with van der Waals surface area (Å²) in [7, 11) is 0. The standard InChI is InChI=1S/C26H28BrClN4O3S/c1-5-12-36-26-30-25-29-16(4)22(24(33)35-15(2)3)23(32(25)31-26)20-13-18(27)8-11-21(20)34-14-17-6-9-19(28)10-7-17/h6-11,13,15,23H,5,12,14H2,1-4H3,(H,29,30,31). The van der Waals surface area contributed by atoms with E-state index in [0.29, 0.717) is 39.8 Å². The van der Waals surface area contributed by atoms with Crippen molar-refractivity contribution in [3.63, 3.8) is 0 Å². The minimum Gasteiger partial charge on any atom is -0.489 e. The lowest BCUT2D eigenvalue weighted by Gasteiger charge is -2.29. The van der Waals surface area contributed by atoms with Crippen LogP contribution in [0.4, 0.5) is 5.95 Å². The molecule has 2 aromatic carbocycles. The van der Waals surface area contributed by atoms with E-state index in [1.165, 1.54) is 0 Å². The average molecular weight is 592 g/mol. The van der Waals surface area contributed by atoms with Crippen LogP contribution in [0.5, 0.6) is 5.75 Å². The monoisotopic (exact) mass is 590 g/mol. The molecule has 7 nitrogen and oxygen atoms in total. The number of halogens is 2. The van der Waals surface area contributed by atoms with Crippen molar-refractivity contribution in [2.75, 3.05) is 11.1 Å². The Morgan fingerprint density at radius 1 is 1.25 bits per heavy atom. The van der Waals surface area contributed by atoms with Crippen molar-refractivity contribution >= 4 is 51.2 Å². The van der Waals surface area contributed by atoms with Crippen LogP contribution >= 0.6 is 39.3 Å². The third-order valence-corrected chi connectivity index (χ3v) is 7.19. The van der Waals surface area contributed by atoms with E-state index in [9.17, 15) is 4.79 Å². The molecule has 4 rings (SSSR count). The van der Waals surface area contributed by atoms with Crippen molar-refractivity contribution < 1.29 is 14.3 Å². The summed E-state index contributed by atoms with van der Waals surface area (Å²) in [5, 5.41) is 9.33. The Balaban J connectivity index is 1.79. The SMILES string of the molecule is CCCSc1nc2n(n1)C(c1cc(Br)ccc1OCc1ccc(Cl)cc1)C(C(=O)OC(C)C)=C(C)N2. The lowest BCUT2D eigenvalue weighted by Crippen LogP contribution is -2.31. The Morgan fingerprint density at radius 2 is 2.00 bits per heavy atom. The number of carbonyl (C=O) groups is 1. The second-order valence-electron chi connectivity index (χ2n) is 8.63. The Morgan fingerprint density at radius 3 is 2.69 bits per heavy atom. The fraction of sp³-hybridized carbons (Fsp3) is 0.346. The van der Waals surface area contributed by atoms with Crippen LogP contribution in [-0.2, 0) is 16.1 Å². The van der Waals surface area contributed by atoms with Gasteiger partial charge in [0.15, 0.2) is 0 Å². The molecule has 36 heavy (non-hydrogen) atoms. The van der Waals surface area contributed by atoms with Crippen molar-refractivity contribution in [1.82, 2.24) is 14.8 Å². The number of allylic oxidation sites excluding steroid dienone is 1. The summed E-state index contributed by atoms with van der Waals surface area (Å²) in [4.78, 5) is 18.0. The maximum atomic E-state index is 13.3. The number of benzene rings is 2. The van der Waals surface area contributed by atoms with Crippen molar-refractivity contribution in [3.8, 4) is 5.75 Å². The molecule has 1 atom stereocenters. The van der Waals surface area contributed by atoms with E-state index in [0.717, 1.165) is 27.8 Å². The predicted octanol–water partition coefficient (Wildman–Crippen LogP) is 7.02. The molecule has 0 spiro atoms. The van der Waals surface area contributed by atoms with E-state index in [1.54, 1.807) is 16.4 Å². The van der Waals surface area contributed by atoms with Gasteiger partial charge in [-0.15, -0.1) is 5.10 Å². The molecule has 0 saturated heterocycles. The number of nitrogens with one attached hydrogen (secondary N) is 1. The Kier molecular flexibility index (Phi) is 8.64. The first-order valence-corrected chi connectivity index (χ1v) is 13.9. The maximum absolute atomic E-state index is 13.3. The number of nitrogens with zero attached hydrogens (tertiary/aromatic N) is 3. The second-order valence-corrected chi connectivity index (χ2v) is 11.0. The Bertz CT molecular complexity index is 1280. The van der Waals surface area contributed by atoms with Crippen LogP contribution in [0.25, 0.3) is 0 Å². The molecule has 190 valence electrons. The number of rotatable bonds is 9. The highest BCUT2D eigenvalue weighted by Gasteiger charge is 2.37. The first-order valence-electron chi connectivity index (χ1n) is 11.7. The average Bonchev–Trinajstić information content (AvgIpc) is 3.23. The van der Waals surface area contributed by atoms with Gasteiger partial charge >= 0.3 is 5.97 Å². The molecule has 1 unspecified atom stereocenters. The molecule has 1 aromatic heterocycles. The van der Waals surface area contributed by atoms with E-state index in [4.69, 9.17) is 26.2 Å². The molecule has 0 bridgehead atoms. The fourth-order valence-corrected chi connectivity index (χ4v) is 5.01. The molecule has 1 aliphatic heterocycles. The zero-order valence-electron chi connectivity index (χ0n) is 20.5. The van der Waals surface area contributed by atoms with E-state index >= 15 is 0 Å². The fourth-order valence-electron chi connectivity index (χ4n) is 3.82. The molecular weight excluding hydrogens is 564 g/mol. The van der Waals surface area contributed by atoms with E-state index in [1.807, 2.05) is 63.2 Å². The van der Waals surface area contributed by atoms with E-state index in [2.05, 4.69) is 33.2 Å². The molecule has 0 fully saturated rings. The van der Waals surface area contributed by atoms with Crippen LogP contribution in [0.15, 0.2) is 63.4 Å². The Hall–Kier alpha value is -2.49. The van der Waals surface area contributed by atoms with Crippen LogP contribution in [0.1, 0.15) is 51.3 Å². The topological polar surface area (TPSA) is 78.3 Å². The molecule has 0 aliphatic carbocycles. The third-order valence-electron chi connectivity index (χ3n) is 5.41. The molecule has 0 radical (unpaired) electrons. The summed E-state index contributed by atoms with van der Waals surface area (Å²) in [6.07, 6.45) is 0.734. The first kappa shape index (κ1) is 26.6. The van der Waals surface area contributed by atoms with Crippen LogP contribution in [0, 0.1) is 0 Å². The van der Waals surface area contributed by atoms with Crippen LogP contribution < -0.4 is 10.1 Å². The number of ether oxygens (including phenoxy) is 2. The van der Waals surface area contributed by atoms with Gasteiger partial charge < -0.3 is 14.8 Å². The first-order chi connectivity index (χ1) is 17.3. The number of hydrogen-bond donors (Lipinski definition) is 1. The zero-order valence-corrected chi connectivity index (χ0v) is 23.7. The number of esters is 1. The molecule has 1 aliphatic rings. The molecule has 3 aromatic rings. The van der Waals surface area contributed by atoms with Gasteiger partial charge in [0.2, 0.25) is 11.1 Å². The van der Waals surface area contributed by atoms with Gasteiger partial charge in [-0.05, 0) is 63.1 Å². The summed E-state index contributed by atoms with van der Waals surface area (Å²) < 4.78 is 14.5. The van der Waals surface area contributed by atoms with Gasteiger partial charge in [0.05, 0.1) is 11.7 Å². The van der Waals surface area contributed by atoms with Crippen molar-refractivity contribution in [1.29, 1.82) is 0 Å². The number of anilines is 1. The molecule has 1 N–H and O–H groups in total. The quantitative estimate of drug-likeness (QED) is 0.212. The van der Waals surface area contributed by atoms with Crippen molar-refractivity contribution in [2.24, 2.45) is 0 Å². The van der Waals surface area contributed by atoms with Gasteiger partial charge in [-0.1, -0.05) is 58.3 Å². The van der Waals surface area contributed by atoms with Crippen molar-refractivity contribution in [3.05, 3.63) is 74.4 Å². The summed E-state index contributed by atoms with van der Waals surface area (Å²) >= 11 is 11.2. The highest BCUT2D eigenvalue weighted by atomic mass is 79.9. The minimum absolute atomic E-state index is 0.269. The summed E-state index contributed by atoms with van der Waals surface area (Å²) in [6.45, 7) is 7.97. The van der Waals surface area contributed by atoms with Gasteiger partial charge in [-0.2, -0.15) is 4.98 Å². The maximum Gasteiger partial charge on any atom is 0.338 e. The van der Waals surface area contributed by atoms with E-state index in [-0.39, 0.29) is 6.10 Å². The third kappa shape index (κ3) is 6.07. The lowest BCUT2D eigenvalue weighted by atomic mass is 9.95. The number of thioether (sulfide) groups is 1. The summed E-state index contributed by atoms with van der Waals surface area (Å²) in [5.74, 6) is 1.69. The van der Waals surface area contributed by atoms with Gasteiger partial charge in [-0.3, -0.25) is 0 Å². The van der Waals surface area contributed by atoms with Crippen LogP contribution in [-0.4, -0.2) is 32.6 Å². The number of fused-ring (bicyclic) bond motifs is 1.